The fourth-order valence-electron chi connectivity index (χ4n) is 8.87. The van der Waals surface area contributed by atoms with Crippen LogP contribution in [0, 0.1) is 6.92 Å². The third kappa shape index (κ3) is 6.70. The van der Waals surface area contributed by atoms with Gasteiger partial charge in [-0.3, -0.25) is 0 Å². The van der Waals surface area contributed by atoms with Crippen LogP contribution in [0.1, 0.15) is 91.6 Å². The number of nitrogens with zero attached hydrogens (tertiary/aromatic N) is 1. The first kappa shape index (κ1) is 36.6. The molecule has 0 heterocycles. The van der Waals surface area contributed by atoms with Gasteiger partial charge in [-0.25, -0.2) is 4.99 Å². The topological polar surface area (TPSA) is 12.4 Å². The number of benzene rings is 7. The Balaban J connectivity index is 1.19. The third-order valence-electron chi connectivity index (χ3n) is 12.2. The van der Waals surface area contributed by atoms with Crippen molar-refractivity contribution in [2.24, 2.45) is 4.99 Å². The molecule has 9 rings (SSSR count). The highest BCUT2D eigenvalue weighted by molar-refractivity contribution is 6.32. The summed E-state index contributed by atoms with van der Waals surface area (Å²) in [5, 5.41) is 0. The van der Waals surface area contributed by atoms with Crippen LogP contribution >= 0.6 is 0 Å². The number of allylic oxidation sites excluding steroid dienone is 1. The van der Waals surface area contributed by atoms with Crippen molar-refractivity contribution in [2.75, 3.05) is 0 Å². The van der Waals surface area contributed by atoms with E-state index < -0.39 is 0 Å². The van der Waals surface area contributed by atoms with E-state index in [2.05, 4.69) is 201 Å². The summed E-state index contributed by atoms with van der Waals surface area (Å²) in [6, 6.07) is 53.8. The normalized spacial score (nSPS) is 13.2. The molecule has 0 spiro atoms. The fraction of sp³-hybridized carbons (Fsp3) is 0.196. The van der Waals surface area contributed by atoms with E-state index in [1.807, 2.05) is 0 Å². The lowest BCUT2D eigenvalue weighted by Gasteiger charge is -2.20. The zero-order chi connectivity index (χ0) is 39.6. The van der Waals surface area contributed by atoms with Crippen molar-refractivity contribution in [1.82, 2.24) is 0 Å². The first-order valence-electron chi connectivity index (χ1n) is 20.4. The second kappa shape index (κ2) is 13.9. The van der Waals surface area contributed by atoms with E-state index in [9.17, 15) is 0 Å². The van der Waals surface area contributed by atoms with E-state index >= 15 is 0 Å². The van der Waals surface area contributed by atoms with E-state index in [0.717, 1.165) is 52.1 Å². The summed E-state index contributed by atoms with van der Waals surface area (Å²) >= 11 is 0. The Bertz CT molecular complexity index is 2750. The Hall–Kier alpha value is -6.05. The average Bonchev–Trinajstić information content (AvgIpc) is 3.76. The minimum absolute atomic E-state index is 0.111. The van der Waals surface area contributed by atoms with E-state index in [1.165, 1.54) is 72.3 Å². The predicted octanol–water partition coefficient (Wildman–Crippen LogP) is 14.9. The highest BCUT2D eigenvalue weighted by atomic mass is 14.8. The van der Waals surface area contributed by atoms with Crippen molar-refractivity contribution in [1.29, 1.82) is 0 Å². The molecular weight excluding hydrogens is 687 g/mol. The molecule has 0 amide bonds. The third-order valence-corrected chi connectivity index (χ3v) is 12.2. The van der Waals surface area contributed by atoms with Gasteiger partial charge in [-0.05, 0) is 114 Å². The maximum absolute atomic E-state index is 5.69. The molecule has 0 radical (unpaired) electrons. The Morgan fingerprint density at radius 2 is 0.860 bits per heavy atom. The number of hydrogen-bond donors (Lipinski definition) is 0. The molecular formula is C56H51N. The summed E-state index contributed by atoms with van der Waals surface area (Å²) in [6.07, 6.45) is 1.89. The maximum atomic E-state index is 5.69. The lowest BCUT2D eigenvalue weighted by atomic mass is 9.85. The molecule has 0 unspecified atom stereocenters. The van der Waals surface area contributed by atoms with Gasteiger partial charge in [0.05, 0.1) is 11.4 Å². The van der Waals surface area contributed by atoms with Crippen molar-refractivity contribution >= 4 is 17.0 Å². The van der Waals surface area contributed by atoms with Crippen molar-refractivity contribution in [3.63, 3.8) is 0 Å². The van der Waals surface area contributed by atoms with E-state index in [-0.39, 0.29) is 10.8 Å². The van der Waals surface area contributed by atoms with Crippen LogP contribution < -0.4 is 0 Å². The van der Waals surface area contributed by atoms with E-state index in [0.29, 0.717) is 0 Å². The van der Waals surface area contributed by atoms with Crippen LogP contribution in [-0.2, 0) is 23.7 Å². The molecule has 1 nitrogen and oxygen atoms in total. The van der Waals surface area contributed by atoms with E-state index in [4.69, 9.17) is 4.99 Å². The summed E-state index contributed by atoms with van der Waals surface area (Å²) in [7, 11) is 0. The summed E-state index contributed by atoms with van der Waals surface area (Å²) in [6.45, 7) is 20.7. The van der Waals surface area contributed by atoms with Gasteiger partial charge < -0.3 is 0 Å². The van der Waals surface area contributed by atoms with Crippen LogP contribution in [0.4, 0.5) is 5.69 Å². The summed E-state index contributed by atoms with van der Waals surface area (Å²) < 4.78 is 0. The molecule has 0 saturated carbocycles. The quantitative estimate of drug-likeness (QED) is 0.151. The Morgan fingerprint density at radius 1 is 0.456 bits per heavy atom. The van der Waals surface area contributed by atoms with Crippen LogP contribution in [0.25, 0.3) is 50.1 Å². The molecule has 0 aromatic heterocycles. The van der Waals surface area contributed by atoms with Crippen molar-refractivity contribution < 1.29 is 0 Å². The number of aliphatic imine (C=N–C) groups is 1. The molecule has 1 heteroatoms. The van der Waals surface area contributed by atoms with Crippen molar-refractivity contribution in [3.05, 3.63) is 202 Å². The Morgan fingerprint density at radius 3 is 1.35 bits per heavy atom. The molecule has 0 atom stereocenters. The van der Waals surface area contributed by atoms with Gasteiger partial charge in [-0.1, -0.05) is 194 Å². The minimum atomic E-state index is 0.111. The van der Waals surface area contributed by atoms with Crippen LogP contribution in [0.3, 0.4) is 0 Å². The largest absolute Gasteiger partial charge is 0.247 e. The summed E-state index contributed by atoms with van der Waals surface area (Å²) in [5.41, 5.74) is 24.8. The zero-order valence-corrected chi connectivity index (χ0v) is 34.4. The molecule has 0 fully saturated rings. The number of fused-ring (bicyclic) bond motifs is 6. The number of rotatable bonds is 6. The van der Waals surface area contributed by atoms with Gasteiger partial charge >= 0.3 is 0 Å². The molecule has 2 aliphatic rings. The lowest BCUT2D eigenvalue weighted by molar-refractivity contribution is 0.589. The van der Waals surface area contributed by atoms with E-state index in [1.54, 1.807) is 0 Å². The highest BCUT2D eigenvalue weighted by Gasteiger charge is 2.26. The first-order chi connectivity index (χ1) is 27.3. The molecule has 0 N–H and O–H groups in total. The zero-order valence-electron chi connectivity index (χ0n) is 34.4. The SMILES string of the molecule is C=C(C(=Nc1c(-c2ccc3c(c2)Cc2cc(C(C)(C)C)ccc2-3)ccc(-c2ccc3c(c2)Cc2cc(C(C)(C)C)ccc2-3)c1C)c1ccccc1)c1ccccc1. The summed E-state index contributed by atoms with van der Waals surface area (Å²) in [4.78, 5) is 5.69. The standard InChI is InChI=1S/C56H51N/c1-35(37-15-11-9-12-16-37)53(38-17-13-10-14-18-38)57-54-36(2)47(39-19-23-48-41(29-39)31-43-33-45(55(3,4)5)21-25-50(43)48)27-28-52(54)40-20-24-49-42(30-40)32-44-34-46(56(6,7)8)22-26-51(44)49/h9-30,33-34H,1,31-32H2,2-8H3. The minimum Gasteiger partial charge on any atom is -0.247 e. The molecule has 0 bridgehead atoms. The highest BCUT2D eigenvalue weighted by Crippen LogP contribution is 2.46. The van der Waals surface area contributed by atoms with Crippen LogP contribution in [-0.4, -0.2) is 5.71 Å². The fourth-order valence-corrected chi connectivity index (χ4v) is 8.87. The van der Waals surface area contributed by atoms with Crippen LogP contribution in [0.15, 0.2) is 157 Å². The molecule has 0 saturated heterocycles. The van der Waals surface area contributed by atoms with Gasteiger partial charge in [0.2, 0.25) is 0 Å². The second-order valence-corrected chi connectivity index (χ2v) is 18.1. The molecule has 0 aliphatic heterocycles. The first-order valence-corrected chi connectivity index (χ1v) is 20.4. The van der Waals surface area contributed by atoms with Gasteiger partial charge in [0.15, 0.2) is 0 Å². The number of hydrogen-bond acceptors (Lipinski definition) is 1. The monoisotopic (exact) mass is 737 g/mol. The average molecular weight is 738 g/mol. The van der Waals surface area contributed by atoms with Crippen LogP contribution in [0.5, 0.6) is 0 Å². The van der Waals surface area contributed by atoms with Gasteiger partial charge in [0.1, 0.15) is 0 Å². The molecule has 7 aromatic rings. The second-order valence-electron chi connectivity index (χ2n) is 18.1. The summed E-state index contributed by atoms with van der Waals surface area (Å²) in [5.74, 6) is 0. The lowest BCUT2D eigenvalue weighted by Crippen LogP contribution is -2.11. The molecule has 57 heavy (non-hydrogen) atoms. The molecule has 7 aromatic carbocycles. The van der Waals surface area contributed by atoms with Crippen molar-refractivity contribution in [2.45, 2.75) is 72.1 Å². The Labute approximate surface area is 339 Å². The molecule has 280 valence electrons. The van der Waals surface area contributed by atoms with Gasteiger partial charge in [-0.15, -0.1) is 0 Å². The molecule has 2 aliphatic carbocycles. The van der Waals surface area contributed by atoms with Crippen LogP contribution in [0.2, 0.25) is 0 Å². The maximum Gasteiger partial charge on any atom is 0.0781 e. The Kier molecular flexibility index (Phi) is 8.89. The van der Waals surface area contributed by atoms with Crippen molar-refractivity contribution in [3.8, 4) is 44.5 Å². The van der Waals surface area contributed by atoms with Gasteiger partial charge in [0, 0.05) is 16.7 Å². The van der Waals surface area contributed by atoms with Gasteiger partial charge in [-0.2, -0.15) is 0 Å². The predicted molar refractivity (Wildman–Crippen MR) is 244 cm³/mol. The smallest absolute Gasteiger partial charge is 0.0781 e. The van der Waals surface area contributed by atoms with Gasteiger partial charge in [0.25, 0.3) is 0 Å².